The zero-order valence-corrected chi connectivity index (χ0v) is 12.0. The molecule has 2 rings (SSSR count). The zero-order chi connectivity index (χ0) is 13.2. The molecule has 0 aromatic carbocycles. The lowest BCUT2D eigenvalue weighted by molar-refractivity contribution is -0.136. The Hall–Kier alpha value is -0.570. The molecule has 104 valence electrons. The summed E-state index contributed by atoms with van der Waals surface area (Å²) in [4.78, 5) is 14.7. The maximum Gasteiger partial charge on any atom is 0.223 e. The van der Waals surface area contributed by atoms with Gasteiger partial charge in [0.1, 0.15) is 0 Å². The fourth-order valence-corrected chi connectivity index (χ4v) is 3.85. The van der Waals surface area contributed by atoms with Gasteiger partial charge >= 0.3 is 0 Å². The third-order valence-electron chi connectivity index (χ3n) is 5.11. The lowest BCUT2D eigenvalue weighted by Gasteiger charge is -2.38. The monoisotopic (exact) mass is 252 g/mol. The van der Waals surface area contributed by atoms with Crippen molar-refractivity contribution in [3.8, 4) is 0 Å². The van der Waals surface area contributed by atoms with Crippen molar-refractivity contribution < 1.29 is 4.79 Å². The number of likely N-dealkylation sites (tertiary alicyclic amines) is 1. The summed E-state index contributed by atoms with van der Waals surface area (Å²) in [5.41, 5.74) is 6.09. The Labute approximate surface area is 111 Å². The number of hydrogen-bond acceptors (Lipinski definition) is 2. The van der Waals surface area contributed by atoms with E-state index in [1.807, 2.05) is 0 Å². The Morgan fingerprint density at radius 2 is 1.72 bits per heavy atom. The van der Waals surface area contributed by atoms with Gasteiger partial charge in [-0.15, -0.1) is 0 Å². The van der Waals surface area contributed by atoms with Gasteiger partial charge in [0.05, 0.1) is 0 Å². The molecule has 1 saturated heterocycles. The Balaban J connectivity index is 2.00. The highest BCUT2D eigenvalue weighted by Gasteiger charge is 2.38. The van der Waals surface area contributed by atoms with Gasteiger partial charge in [0.15, 0.2) is 0 Å². The Morgan fingerprint density at radius 3 is 2.22 bits per heavy atom. The maximum absolute atomic E-state index is 12.6. The molecule has 18 heavy (non-hydrogen) atoms. The second-order valence-corrected chi connectivity index (χ2v) is 6.52. The highest BCUT2D eigenvalue weighted by molar-refractivity contribution is 5.78. The van der Waals surface area contributed by atoms with E-state index in [0.29, 0.717) is 31.0 Å². The number of rotatable bonds is 3. The van der Waals surface area contributed by atoms with Gasteiger partial charge in [-0.25, -0.2) is 0 Å². The summed E-state index contributed by atoms with van der Waals surface area (Å²) in [6.45, 7) is 5.03. The van der Waals surface area contributed by atoms with E-state index >= 15 is 0 Å². The lowest BCUT2D eigenvalue weighted by atomic mass is 9.71. The molecule has 3 heteroatoms. The summed E-state index contributed by atoms with van der Waals surface area (Å²) < 4.78 is 0. The van der Waals surface area contributed by atoms with Crippen molar-refractivity contribution in [2.45, 2.75) is 77.3 Å². The van der Waals surface area contributed by atoms with Gasteiger partial charge in [0.2, 0.25) is 5.91 Å². The zero-order valence-electron chi connectivity index (χ0n) is 12.0. The van der Waals surface area contributed by atoms with Crippen LogP contribution >= 0.6 is 0 Å². The first-order valence-electron chi connectivity index (χ1n) is 7.59. The van der Waals surface area contributed by atoms with E-state index in [4.69, 9.17) is 5.73 Å². The lowest BCUT2D eigenvalue weighted by Crippen LogP contribution is -2.44. The molecule has 1 amide bonds. The quantitative estimate of drug-likeness (QED) is 0.839. The number of carbonyl (C=O) groups is 1. The smallest absolute Gasteiger partial charge is 0.223 e. The van der Waals surface area contributed by atoms with Crippen molar-refractivity contribution in [3.05, 3.63) is 0 Å². The van der Waals surface area contributed by atoms with E-state index in [2.05, 4.69) is 18.7 Å². The van der Waals surface area contributed by atoms with Crippen LogP contribution in [-0.2, 0) is 4.79 Å². The third-order valence-corrected chi connectivity index (χ3v) is 5.11. The summed E-state index contributed by atoms with van der Waals surface area (Å²) in [5.74, 6) is 0.347. The van der Waals surface area contributed by atoms with Crippen LogP contribution in [0.25, 0.3) is 0 Å². The first kappa shape index (κ1) is 13.9. The summed E-state index contributed by atoms with van der Waals surface area (Å²) in [7, 11) is 0. The average Bonchev–Trinajstić information content (AvgIpc) is 2.70. The summed E-state index contributed by atoms with van der Waals surface area (Å²) in [6.07, 6.45) is 9.08. The van der Waals surface area contributed by atoms with Crippen molar-refractivity contribution in [3.63, 3.8) is 0 Å². The average molecular weight is 252 g/mol. The van der Waals surface area contributed by atoms with Crippen LogP contribution in [0.4, 0.5) is 0 Å². The Morgan fingerprint density at radius 1 is 1.17 bits per heavy atom. The molecular formula is C15H28N2O. The van der Waals surface area contributed by atoms with Crippen LogP contribution in [0.15, 0.2) is 0 Å². The number of nitrogens with zero attached hydrogens (tertiary/aromatic N) is 1. The van der Waals surface area contributed by atoms with Crippen molar-refractivity contribution in [2.75, 3.05) is 6.54 Å². The van der Waals surface area contributed by atoms with E-state index in [-0.39, 0.29) is 5.41 Å². The van der Waals surface area contributed by atoms with E-state index in [9.17, 15) is 4.79 Å². The van der Waals surface area contributed by atoms with E-state index in [1.54, 1.807) is 0 Å². The van der Waals surface area contributed by atoms with Crippen molar-refractivity contribution >= 4 is 5.91 Å². The van der Waals surface area contributed by atoms with Gasteiger partial charge in [-0.3, -0.25) is 4.79 Å². The maximum atomic E-state index is 12.6. The van der Waals surface area contributed by atoms with Crippen molar-refractivity contribution in [1.82, 2.24) is 4.90 Å². The van der Waals surface area contributed by atoms with E-state index in [0.717, 1.165) is 25.7 Å². The number of amides is 1. The molecule has 2 aliphatic rings. The molecular weight excluding hydrogens is 224 g/mol. The second kappa shape index (κ2) is 5.60. The standard InChI is InChI=1S/C15H28N2O/c1-12-6-7-13(2)17(12)14(18)10-15(11-16)8-4-3-5-9-15/h12-13H,3-11,16H2,1-2H3. The van der Waals surface area contributed by atoms with E-state index < -0.39 is 0 Å². The van der Waals surface area contributed by atoms with Gasteiger partial charge in [0, 0.05) is 18.5 Å². The highest BCUT2D eigenvalue weighted by Crippen LogP contribution is 2.39. The van der Waals surface area contributed by atoms with Crippen LogP contribution in [0.1, 0.15) is 65.2 Å². The van der Waals surface area contributed by atoms with Gasteiger partial charge in [-0.2, -0.15) is 0 Å². The van der Waals surface area contributed by atoms with Crippen LogP contribution in [0.3, 0.4) is 0 Å². The SMILES string of the molecule is CC1CCC(C)N1C(=O)CC1(CN)CCCCC1. The molecule has 2 fully saturated rings. The molecule has 1 heterocycles. The third kappa shape index (κ3) is 2.71. The number of hydrogen-bond donors (Lipinski definition) is 1. The molecule has 2 N–H and O–H groups in total. The Bertz CT molecular complexity index is 287. The number of carbonyl (C=O) groups excluding carboxylic acids is 1. The molecule has 2 unspecified atom stereocenters. The molecule has 1 aliphatic carbocycles. The molecule has 1 saturated carbocycles. The second-order valence-electron chi connectivity index (χ2n) is 6.52. The molecule has 3 nitrogen and oxygen atoms in total. The largest absolute Gasteiger partial charge is 0.337 e. The predicted octanol–water partition coefficient (Wildman–Crippen LogP) is 2.69. The van der Waals surface area contributed by atoms with Gasteiger partial charge < -0.3 is 10.6 Å². The van der Waals surface area contributed by atoms with Crippen LogP contribution in [-0.4, -0.2) is 29.4 Å². The first-order chi connectivity index (χ1) is 8.58. The minimum Gasteiger partial charge on any atom is -0.337 e. The van der Waals surface area contributed by atoms with Gasteiger partial charge in [-0.1, -0.05) is 19.3 Å². The number of nitrogens with two attached hydrogens (primary N) is 1. The fourth-order valence-electron chi connectivity index (χ4n) is 3.85. The highest BCUT2D eigenvalue weighted by atomic mass is 16.2. The molecule has 0 aromatic heterocycles. The predicted molar refractivity (Wildman–Crippen MR) is 74.2 cm³/mol. The van der Waals surface area contributed by atoms with Crippen LogP contribution in [0.5, 0.6) is 0 Å². The minimum absolute atomic E-state index is 0.108. The molecule has 1 aliphatic heterocycles. The summed E-state index contributed by atoms with van der Waals surface area (Å²) in [6, 6.07) is 0.844. The van der Waals surface area contributed by atoms with Crippen molar-refractivity contribution in [2.24, 2.45) is 11.1 Å². The van der Waals surface area contributed by atoms with Crippen molar-refractivity contribution in [1.29, 1.82) is 0 Å². The van der Waals surface area contributed by atoms with Gasteiger partial charge in [-0.05, 0) is 51.5 Å². The van der Waals surface area contributed by atoms with Gasteiger partial charge in [0.25, 0.3) is 0 Å². The molecule has 0 bridgehead atoms. The molecule has 0 aromatic rings. The van der Waals surface area contributed by atoms with Crippen LogP contribution < -0.4 is 5.73 Å². The van der Waals surface area contributed by atoms with Crippen LogP contribution in [0, 0.1) is 5.41 Å². The van der Waals surface area contributed by atoms with Crippen LogP contribution in [0.2, 0.25) is 0 Å². The molecule has 2 atom stereocenters. The Kier molecular flexibility index (Phi) is 4.31. The molecule has 0 radical (unpaired) electrons. The topological polar surface area (TPSA) is 46.3 Å². The summed E-state index contributed by atoms with van der Waals surface area (Å²) in [5, 5.41) is 0. The molecule has 0 spiro atoms. The summed E-state index contributed by atoms with van der Waals surface area (Å²) >= 11 is 0. The fraction of sp³-hybridized carbons (Fsp3) is 0.933. The normalized spacial score (nSPS) is 31.6. The first-order valence-corrected chi connectivity index (χ1v) is 7.59. The minimum atomic E-state index is 0.108. The van der Waals surface area contributed by atoms with E-state index in [1.165, 1.54) is 19.3 Å².